The molecule has 0 aliphatic carbocycles. The van der Waals surface area contributed by atoms with E-state index in [1.165, 1.54) is 11.8 Å². The number of thioether (sulfide) groups is 1. The van der Waals surface area contributed by atoms with E-state index in [4.69, 9.17) is 23.2 Å². The van der Waals surface area contributed by atoms with E-state index >= 15 is 0 Å². The fourth-order valence-electron chi connectivity index (χ4n) is 1.74. The average molecular weight is 385 g/mol. The Morgan fingerprint density at radius 3 is 2.91 bits per heavy atom. The van der Waals surface area contributed by atoms with Crippen molar-refractivity contribution in [3.05, 3.63) is 45.8 Å². The summed E-state index contributed by atoms with van der Waals surface area (Å²) in [4.78, 5) is 17.3. The molecule has 5 nitrogen and oxygen atoms in total. The zero-order valence-corrected chi connectivity index (χ0v) is 14.7. The van der Waals surface area contributed by atoms with Crippen molar-refractivity contribution in [3.63, 3.8) is 0 Å². The van der Waals surface area contributed by atoms with Crippen LogP contribution >= 0.6 is 46.3 Å². The number of nitrogens with zero attached hydrogens (tertiary/aromatic N) is 2. The van der Waals surface area contributed by atoms with E-state index in [9.17, 15) is 4.79 Å². The monoisotopic (exact) mass is 384 g/mol. The highest BCUT2D eigenvalue weighted by Crippen LogP contribution is 2.26. The van der Waals surface area contributed by atoms with Crippen LogP contribution in [0.25, 0.3) is 10.7 Å². The second-order valence-corrected chi connectivity index (χ2v) is 7.11. The van der Waals surface area contributed by atoms with Gasteiger partial charge in [0.05, 0.1) is 20.7 Å². The van der Waals surface area contributed by atoms with Crippen LogP contribution in [0.2, 0.25) is 10.0 Å². The summed E-state index contributed by atoms with van der Waals surface area (Å²) >= 11 is 14.6. The molecule has 9 heteroatoms. The van der Waals surface area contributed by atoms with E-state index in [1.54, 1.807) is 29.5 Å². The molecule has 0 aliphatic rings. The van der Waals surface area contributed by atoms with E-state index < -0.39 is 0 Å². The predicted octanol–water partition coefficient (Wildman–Crippen LogP) is 4.57. The van der Waals surface area contributed by atoms with Crippen molar-refractivity contribution in [1.82, 2.24) is 15.2 Å². The van der Waals surface area contributed by atoms with Crippen LogP contribution in [0, 0.1) is 0 Å². The number of nitrogens with one attached hydrogen (secondary N) is 2. The third-order valence-corrected chi connectivity index (χ3v) is 5.22. The Balaban J connectivity index is 1.55. The highest BCUT2D eigenvalue weighted by molar-refractivity contribution is 7.99. The second kappa shape index (κ2) is 7.35. The van der Waals surface area contributed by atoms with Gasteiger partial charge in [-0.2, -0.15) is 0 Å². The number of thiophene rings is 1. The number of amides is 1. The van der Waals surface area contributed by atoms with Crippen LogP contribution in [-0.2, 0) is 4.79 Å². The first-order valence-corrected chi connectivity index (χ1v) is 9.08. The molecule has 1 amide bonds. The van der Waals surface area contributed by atoms with Crippen molar-refractivity contribution in [3.8, 4) is 10.7 Å². The lowest BCUT2D eigenvalue weighted by Gasteiger charge is -2.05. The number of benzene rings is 1. The summed E-state index contributed by atoms with van der Waals surface area (Å²) in [5.74, 6) is 0.727. The number of carbonyl (C=O) groups excluding carboxylic acids is 1. The smallest absolute Gasteiger partial charge is 0.234 e. The van der Waals surface area contributed by atoms with E-state index in [-0.39, 0.29) is 11.7 Å². The van der Waals surface area contributed by atoms with Crippen LogP contribution in [-0.4, -0.2) is 26.8 Å². The Morgan fingerprint density at radius 2 is 2.17 bits per heavy atom. The van der Waals surface area contributed by atoms with E-state index in [0.29, 0.717) is 26.7 Å². The minimum atomic E-state index is -0.170. The van der Waals surface area contributed by atoms with Crippen molar-refractivity contribution < 1.29 is 4.79 Å². The molecule has 0 bridgehead atoms. The highest BCUT2D eigenvalue weighted by atomic mass is 35.5. The van der Waals surface area contributed by atoms with Crippen LogP contribution in [0.1, 0.15) is 0 Å². The Hall–Kier alpha value is -1.54. The lowest BCUT2D eigenvalue weighted by Crippen LogP contribution is -2.14. The number of hydrogen-bond acceptors (Lipinski definition) is 5. The van der Waals surface area contributed by atoms with Crippen LogP contribution in [0.15, 0.2) is 40.9 Å². The molecule has 0 fully saturated rings. The molecule has 0 radical (unpaired) electrons. The van der Waals surface area contributed by atoms with Crippen LogP contribution in [0.4, 0.5) is 5.69 Å². The third-order valence-electron chi connectivity index (χ3n) is 2.76. The van der Waals surface area contributed by atoms with E-state index in [2.05, 4.69) is 20.5 Å². The quantitative estimate of drug-likeness (QED) is 0.631. The van der Waals surface area contributed by atoms with Gasteiger partial charge in [0, 0.05) is 5.69 Å². The summed E-state index contributed by atoms with van der Waals surface area (Å²) in [5, 5.41) is 13.0. The Bertz CT molecular complexity index is 820. The normalized spacial score (nSPS) is 10.7. The van der Waals surface area contributed by atoms with E-state index in [0.717, 1.165) is 4.88 Å². The predicted molar refractivity (Wildman–Crippen MR) is 95.5 cm³/mol. The first-order chi connectivity index (χ1) is 11.1. The fourth-order valence-corrected chi connectivity index (χ4v) is 3.30. The first-order valence-electron chi connectivity index (χ1n) is 6.46. The number of aromatic amines is 1. The van der Waals surface area contributed by atoms with Crippen LogP contribution < -0.4 is 5.32 Å². The Labute approximate surface area is 150 Å². The molecule has 2 aromatic heterocycles. The highest BCUT2D eigenvalue weighted by Gasteiger charge is 2.10. The SMILES string of the molecule is O=C(CSc1n[nH]c(-c2cccs2)n1)Nc1ccc(Cl)c(Cl)c1. The van der Waals surface area contributed by atoms with Crippen molar-refractivity contribution in [2.24, 2.45) is 0 Å². The maximum absolute atomic E-state index is 11.9. The molecule has 2 heterocycles. The molecular weight excluding hydrogens is 375 g/mol. The number of aromatic nitrogens is 3. The summed E-state index contributed by atoms with van der Waals surface area (Å²) in [5.41, 5.74) is 0.597. The summed E-state index contributed by atoms with van der Waals surface area (Å²) in [6.07, 6.45) is 0. The molecule has 3 aromatic rings. The molecule has 0 saturated carbocycles. The maximum Gasteiger partial charge on any atom is 0.234 e. The molecule has 3 rings (SSSR count). The van der Waals surface area contributed by atoms with Gasteiger partial charge in [0.25, 0.3) is 0 Å². The van der Waals surface area contributed by atoms with Gasteiger partial charge in [-0.15, -0.1) is 16.4 Å². The van der Waals surface area contributed by atoms with Gasteiger partial charge in [0.1, 0.15) is 0 Å². The molecule has 1 aromatic carbocycles. The van der Waals surface area contributed by atoms with Crippen molar-refractivity contribution in [2.75, 3.05) is 11.1 Å². The van der Waals surface area contributed by atoms with Crippen LogP contribution in [0.5, 0.6) is 0 Å². The lowest BCUT2D eigenvalue weighted by molar-refractivity contribution is -0.113. The number of hydrogen-bond donors (Lipinski definition) is 2. The molecule has 0 unspecified atom stereocenters. The lowest BCUT2D eigenvalue weighted by atomic mass is 10.3. The van der Waals surface area contributed by atoms with Gasteiger partial charge in [0.2, 0.25) is 11.1 Å². The Kier molecular flexibility index (Phi) is 5.22. The van der Waals surface area contributed by atoms with Gasteiger partial charge in [0.15, 0.2) is 5.82 Å². The first kappa shape index (κ1) is 16.3. The van der Waals surface area contributed by atoms with Gasteiger partial charge < -0.3 is 5.32 Å². The van der Waals surface area contributed by atoms with Gasteiger partial charge in [-0.05, 0) is 29.6 Å². The number of carbonyl (C=O) groups is 1. The van der Waals surface area contributed by atoms with Crippen molar-refractivity contribution in [2.45, 2.75) is 5.16 Å². The molecule has 0 spiro atoms. The zero-order valence-electron chi connectivity index (χ0n) is 11.5. The summed E-state index contributed by atoms with van der Waals surface area (Å²) in [7, 11) is 0. The zero-order chi connectivity index (χ0) is 16.2. The standard InChI is InChI=1S/C14H10Cl2N4OS2/c15-9-4-3-8(6-10(9)16)17-12(21)7-23-14-18-13(19-20-14)11-2-1-5-22-11/h1-6H,7H2,(H,17,21)(H,18,19,20). The molecule has 23 heavy (non-hydrogen) atoms. The number of anilines is 1. The summed E-state index contributed by atoms with van der Waals surface area (Å²) < 4.78 is 0. The molecule has 0 atom stereocenters. The van der Waals surface area contributed by atoms with Crippen molar-refractivity contribution >= 4 is 57.9 Å². The molecule has 0 aliphatic heterocycles. The average Bonchev–Trinajstić information content (AvgIpc) is 3.19. The second-order valence-electron chi connectivity index (χ2n) is 4.41. The minimum absolute atomic E-state index is 0.170. The number of H-pyrrole nitrogens is 1. The summed E-state index contributed by atoms with van der Waals surface area (Å²) in [6, 6.07) is 8.83. The van der Waals surface area contributed by atoms with E-state index in [1.807, 2.05) is 17.5 Å². The molecule has 0 saturated heterocycles. The van der Waals surface area contributed by atoms with Gasteiger partial charge >= 0.3 is 0 Å². The molecule has 2 N–H and O–H groups in total. The molecule has 118 valence electrons. The fraction of sp³-hybridized carbons (Fsp3) is 0.0714. The summed E-state index contributed by atoms with van der Waals surface area (Å²) in [6.45, 7) is 0. The van der Waals surface area contributed by atoms with Gasteiger partial charge in [-0.3, -0.25) is 9.89 Å². The topological polar surface area (TPSA) is 70.7 Å². The van der Waals surface area contributed by atoms with Crippen molar-refractivity contribution in [1.29, 1.82) is 0 Å². The van der Waals surface area contributed by atoms with Gasteiger partial charge in [-0.1, -0.05) is 41.0 Å². The van der Waals surface area contributed by atoms with Gasteiger partial charge in [-0.25, -0.2) is 4.98 Å². The maximum atomic E-state index is 11.9. The Morgan fingerprint density at radius 1 is 1.30 bits per heavy atom. The largest absolute Gasteiger partial charge is 0.325 e. The minimum Gasteiger partial charge on any atom is -0.325 e. The van der Waals surface area contributed by atoms with Crippen LogP contribution in [0.3, 0.4) is 0 Å². The third kappa shape index (κ3) is 4.26. The number of halogens is 2. The molecular formula is C14H10Cl2N4OS2. The number of rotatable bonds is 5.